The maximum atomic E-state index is 12.7. The van der Waals surface area contributed by atoms with E-state index in [4.69, 9.17) is 4.74 Å². The number of carbonyl (C=O) groups is 1. The Morgan fingerprint density at radius 3 is 2.74 bits per heavy atom. The second-order valence-corrected chi connectivity index (χ2v) is 8.26. The molecule has 0 saturated carbocycles. The normalized spacial score (nSPS) is 16.0. The van der Waals surface area contributed by atoms with Gasteiger partial charge in [0.2, 0.25) is 10.0 Å². The summed E-state index contributed by atoms with van der Waals surface area (Å²) < 4.78 is 32.7. The van der Waals surface area contributed by atoms with Crippen LogP contribution >= 0.6 is 0 Å². The molecule has 0 radical (unpaired) electrons. The molecule has 1 amide bonds. The van der Waals surface area contributed by atoms with Gasteiger partial charge in [0.05, 0.1) is 13.2 Å². The molecule has 3 rings (SSSR count). The molecule has 0 aromatic heterocycles. The van der Waals surface area contributed by atoms with Crippen LogP contribution in [0.25, 0.3) is 0 Å². The Balaban J connectivity index is 1.85. The Labute approximate surface area is 160 Å². The van der Waals surface area contributed by atoms with Gasteiger partial charge in [0.15, 0.2) is 0 Å². The van der Waals surface area contributed by atoms with Crippen molar-refractivity contribution in [2.75, 3.05) is 13.7 Å². The molecule has 0 bridgehead atoms. The number of hydrogen-bond acceptors (Lipinski definition) is 4. The van der Waals surface area contributed by atoms with Gasteiger partial charge in [-0.05, 0) is 48.6 Å². The van der Waals surface area contributed by atoms with Crippen LogP contribution in [0.15, 0.2) is 47.4 Å². The third-order valence-corrected chi connectivity index (χ3v) is 6.18. The van der Waals surface area contributed by atoms with E-state index in [9.17, 15) is 13.2 Å². The maximum Gasteiger partial charge on any atom is 0.251 e. The molecule has 0 saturated heterocycles. The van der Waals surface area contributed by atoms with Gasteiger partial charge in [-0.3, -0.25) is 4.79 Å². The van der Waals surface area contributed by atoms with Crippen LogP contribution < -0.4 is 14.8 Å². The molecule has 2 aromatic rings. The fraction of sp³-hybridized carbons (Fsp3) is 0.350. The number of amides is 1. The van der Waals surface area contributed by atoms with Crippen LogP contribution in [0, 0.1) is 0 Å². The number of benzene rings is 2. The highest BCUT2D eigenvalue weighted by Crippen LogP contribution is 2.31. The Kier molecular flexibility index (Phi) is 5.82. The number of nitrogens with one attached hydrogen (secondary N) is 2. The quantitative estimate of drug-likeness (QED) is 0.764. The molecule has 2 aromatic carbocycles. The predicted molar refractivity (Wildman–Crippen MR) is 103 cm³/mol. The van der Waals surface area contributed by atoms with Gasteiger partial charge in [0.1, 0.15) is 10.6 Å². The van der Waals surface area contributed by atoms with Crippen LogP contribution in [0.1, 0.15) is 47.3 Å². The number of aryl methyl sites for hydroxylation is 1. The van der Waals surface area contributed by atoms with E-state index >= 15 is 0 Å². The van der Waals surface area contributed by atoms with Crippen molar-refractivity contribution in [3.05, 3.63) is 59.2 Å². The van der Waals surface area contributed by atoms with E-state index in [2.05, 4.69) is 16.1 Å². The Morgan fingerprint density at radius 2 is 2.00 bits per heavy atom. The van der Waals surface area contributed by atoms with Crippen molar-refractivity contribution in [2.24, 2.45) is 0 Å². The molecule has 27 heavy (non-hydrogen) atoms. The SMILES string of the molecule is CCCNS(=O)(=O)c1cc(C(=O)NC2CCc3ccccc32)ccc1OC. The van der Waals surface area contributed by atoms with Gasteiger partial charge in [0.25, 0.3) is 5.91 Å². The summed E-state index contributed by atoms with van der Waals surface area (Å²) in [4.78, 5) is 12.7. The zero-order valence-electron chi connectivity index (χ0n) is 15.5. The third kappa shape index (κ3) is 4.14. The lowest BCUT2D eigenvalue weighted by atomic mass is 10.1. The fourth-order valence-electron chi connectivity index (χ4n) is 3.29. The number of carbonyl (C=O) groups excluding carboxylic acids is 1. The molecule has 1 atom stereocenters. The van der Waals surface area contributed by atoms with Gasteiger partial charge in [0, 0.05) is 12.1 Å². The van der Waals surface area contributed by atoms with Crippen LogP contribution in [0.3, 0.4) is 0 Å². The molecule has 0 heterocycles. The summed E-state index contributed by atoms with van der Waals surface area (Å²) in [5.41, 5.74) is 2.65. The summed E-state index contributed by atoms with van der Waals surface area (Å²) >= 11 is 0. The molecule has 6 nitrogen and oxygen atoms in total. The Bertz CT molecular complexity index is 941. The molecule has 7 heteroatoms. The molecular weight excluding hydrogens is 364 g/mol. The number of sulfonamides is 1. The zero-order valence-corrected chi connectivity index (χ0v) is 16.3. The smallest absolute Gasteiger partial charge is 0.251 e. The zero-order chi connectivity index (χ0) is 19.4. The van der Waals surface area contributed by atoms with Crippen LogP contribution in [0.2, 0.25) is 0 Å². The first-order chi connectivity index (χ1) is 13.0. The highest BCUT2D eigenvalue weighted by atomic mass is 32.2. The summed E-state index contributed by atoms with van der Waals surface area (Å²) in [6.45, 7) is 2.20. The third-order valence-electron chi connectivity index (χ3n) is 4.70. The molecule has 0 fully saturated rings. The van der Waals surface area contributed by atoms with Crippen LogP contribution in [0.5, 0.6) is 5.75 Å². The van der Waals surface area contributed by atoms with E-state index in [-0.39, 0.29) is 28.2 Å². The largest absolute Gasteiger partial charge is 0.495 e. The van der Waals surface area contributed by atoms with Crippen LogP contribution in [-0.4, -0.2) is 28.0 Å². The fourth-order valence-corrected chi connectivity index (χ4v) is 4.62. The van der Waals surface area contributed by atoms with Crippen molar-refractivity contribution in [1.29, 1.82) is 0 Å². The van der Waals surface area contributed by atoms with Crippen molar-refractivity contribution in [3.63, 3.8) is 0 Å². The van der Waals surface area contributed by atoms with Crippen molar-refractivity contribution >= 4 is 15.9 Å². The number of methoxy groups -OCH3 is 1. The minimum atomic E-state index is -3.75. The summed E-state index contributed by atoms with van der Waals surface area (Å²) in [6.07, 6.45) is 2.43. The van der Waals surface area contributed by atoms with E-state index in [1.165, 1.54) is 24.8 Å². The van der Waals surface area contributed by atoms with E-state index in [1.807, 2.05) is 25.1 Å². The highest BCUT2D eigenvalue weighted by molar-refractivity contribution is 7.89. The molecule has 1 aliphatic rings. The summed E-state index contributed by atoms with van der Waals surface area (Å²) in [5, 5.41) is 3.02. The lowest BCUT2D eigenvalue weighted by molar-refractivity contribution is 0.0936. The Morgan fingerprint density at radius 1 is 1.22 bits per heavy atom. The number of rotatable bonds is 7. The van der Waals surface area contributed by atoms with Crippen molar-refractivity contribution < 1.29 is 17.9 Å². The minimum absolute atomic E-state index is 0.0297. The monoisotopic (exact) mass is 388 g/mol. The molecule has 0 spiro atoms. The van der Waals surface area contributed by atoms with Crippen LogP contribution in [-0.2, 0) is 16.4 Å². The van der Waals surface area contributed by atoms with Crippen molar-refractivity contribution in [3.8, 4) is 5.75 Å². The maximum absolute atomic E-state index is 12.7. The van der Waals surface area contributed by atoms with E-state index in [0.29, 0.717) is 13.0 Å². The van der Waals surface area contributed by atoms with Crippen molar-refractivity contribution in [1.82, 2.24) is 10.0 Å². The first kappa shape index (κ1) is 19.4. The number of fused-ring (bicyclic) bond motifs is 1. The topological polar surface area (TPSA) is 84.5 Å². The average molecular weight is 388 g/mol. The van der Waals surface area contributed by atoms with Gasteiger partial charge >= 0.3 is 0 Å². The molecule has 2 N–H and O–H groups in total. The van der Waals surface area contributed by atoms with E-state index in [0.717, 1.165) is 18.4 Å². The molecular formula is C20H24N2O4S. The van der Waals surface area contributed by atoms with Gasteiger partial charge < -0.3 is 10.1 Å². The first-order valence-electron chi connectivity index (χ1n) is 9.02. The number of hydrogen-bond donors (Lipinski definition) is 2. The van der Waals surface area contributed by atoms with E-state index in [1.54, 1.807) is 6.07 Å². The molecule has 1 aliphatic carbocycles. The van der Waals surface area contributed by atoms with Gasteiger partial charge in [-0.2, -0.15) is 0 Å². The minimum Gasteiger partial charge on any atom is -0.495 e. The Hall–Kier alpha value is -2.38. The van der Waals surface area contributed by atoms with E-state index < -0.39 is 10.0 Å². The highest BCUT2D eigenvalue weighted by Gasteiger charge is 2.25. The number of ether oxygens (including phenoxy) is 1. The van der Waals surface area contributed by atoms with Crippen LogP contribution in [0.4, 0.5) is 0 Å². The average Bonchev–Trinajstić information content (AvgIpc) is 3.09. The first-order valence-corrected chi connectivity index (χ1v) is 10.5. The standard InChI is InChI=1S/C20H24N2O4S/c1-3-12-21-27(24,25)19-13-15(9-11-18(19)26-2)20(23)22-17-10-8-14-6-4-5-7-16(14)17/h4-7,9,11,13,17,21H,3,8,10,12H2,1-2H3,(H,22,23). The van der Waals surface area contributed by atoms with Crippen molar-refractivity contribution in [2.45, 2.75) is 37.1 Å². The lowest BCUT2D eigenvalue weighted by Gasteiger charge is -2.16. The van der Waals surface area contributed by atoms with Gasteiger partial charge in [-0.15, -0.1) is 0 Å². The van der Waals surface area contributed by atoms with Gasteiger partial charge in [-0.1, -0.05) is 31.2 Å². The second-order valence-electron chi connectivity index (χ2n) is 6.53. The summed E-state index contributed by atoms with van der Waals surface area (Å²) in [7, 11) is -2.35. The second kappa shape index (κ2) is 8.10. The van der Waals surface area contributed by atoms with Gasteiger partial charge in [-0.25, -0.2) is 13.1 Å². The lowest BCUT2D eigenvalue weighted by Crippen LogP contribution is -2.28. The predicted octanol–water partition coefficient (Wildman–Crippen LogP) is 2.80. The summed E-state index contributed by atoms with van der Waals surface area (Å²) in [5.74, 6) is -0.0901. The molecule has 144 valence electrons. The molecule has 0 aliphatic heterocycles. The molecule has 1 unspecified atom stereocenters. The summed E-state index contributed by atoms with van der Waals surface area (Å²) in [6, 6.07) is 12.4.